The largest absolute Gasteiger partial charge is 0.419 e. The van der Waals surface area contributed by atoms with E-state index in [1.807, 2.05) is 0 Å². The molecule has 0 radical (unpaired) electrons. The lowest BCUT2D eigenvalue weighted by Crippen LogP contribution is -2.51. The lowest BCUT2D eigenvalue weighted by atomic mass is 9.95. The van der Waals surface area contributed by atoms with Crippen LogP contribution in [0.25, 0.3) is 0 Å². The number of halogens is 8. The smallest absolute Gasteiger partial charge is 0.240 e. The minimum atomic E-state index is -5.29. The zero-order valence-electron chi connectivity index (χ0n) is 9.58. The molecule has 0 bridgehead atoms. The molecule has 0 aromatic carbocycles. The van der Waals surface area contributed by atoms with Gasteiger partial charge in [-0.25, -0.2) is 4.90 Å². The molecule has 112 valence electrons. The molecule has 1 saturated heterocycles. The fraction of sp³-hybridized carbons (Fsp3) is 0.800. The average Bonchev–Trinajstić information content (AvgIpc) is 2.25. The van der Waals surface area contributed by atoms with Gasteiger partial charge in [0.1, 0.15) is 5.57 Å². The highest BCUT2D eigenvalue weighted by atomic mass is 19.4. The highest BCUT2D eigenvalue weighted by Gasteiger charge is 2.54. The normalized spacial score (nSPS) is 20.6. The number of rotatable bonds is 2. The molecule has 1 fully saturated rings. The summed E-state index contributed by atoms with van der Waals surface area (Å²) in [6, 6.07) is -4.38. The van der Waals surface area contributed by atoms with Gasteiger partial charge in [-0.3, -0.25) is 0 Å². The standard InChI is InChI=1S/C10H11F8N/c1-6(8(11,12)13)10(17,18)19-4-2-7(3-5-19)9(14,15)16/h7H,1-5H2. The Kier molecular flexibility index (Phi) is 4.19. The maximum Gasteiger partial charge on any atom is 0.419 e. The van der Waals surface area contributed by atoms with E-state index in [0.29, 0.717) is 0 Å². The third-order valence-corrected chi connectivity index (χ3v) is 3.06. The first kappa shape index (κ1) is 16.2. The van der Waals surface area contributed by atoms with Gasteiger partial charge in [-0.2, -0.15) is 35.1 Å². The zero-order valence-corrected chi connectivity index (χ0v) is 9.58. The molecule has 0 atom stereocenters. The van der Waals surface area contributed by atoms with Crippen LogP contribution in [0.1, 0.15) is 12.8 Å². The van der Waals surface area contributed by atoms with E-state index in [-0.39, 0.29) is 4.90 Å². The first-order chi connectivity index (χ1) is 8.37. The highest BCUT2D eigenvalue weighted by molar-refractivity contribution is 5.13. The maximum atomic E-state index is 13.4. The molecule has 0 unspecified atom stereocenters. The Labute approximate surface area is 103 Å². The number of hydrogen-bond acceptors (Lipinski definition) is 1. The Balaban J connectivity index is 2.72. The third-order valence-electron chi connectivity index (χ3n) is 3.06. The van der Waals surface area contributed by atoms with Gasteiger partial charge in [0.25, 0.3) is 0 Å². The van der Waals surface area contributed by atoms with Gasteiger partial charge in [0, 0.05) is 13.1 Å². The summed E-state index contributed by atoms with van der Waals surface area (Å²) in [4.78, 5) is 0.0884. The Bertz CT molecular complexity index is 334. The minimum absolute atomic E-state index is 0.0884. The lowest BCUT2D eigenvalue weighted by molar-refractivity contribution is -0.213. The van der Waals surface area contributed by atoms with Crippen LogP contribution in [0.15, 0.2) is 12.2 Å². The van der Waals surface area contributed by atoms with Crippen molar-refractivity contribution in [3.8, 4) is 0 Å². The van der Waals surface area contributed by atoms with Crippen LogP contribution in [0.3, 0.4) is 0 Å². The van der Waals surface area contributed by atoms with Crippen molar-refractivity contribution < 1.29 is 35.1 Å². The van der Waals surface area contributed by atoms with E-state index in [1.165, 1.54) is 0 Å². The quantitative estimate of drug-likeness (QED) is 0.423. The second-order valence-electron chi connectivity index (χ2n) is 4.32. The van der Waals surface area contributed by atoms with Gasteiger partial charge < -0.3 is 0 Å². The van der Waals surface area contributed by atoms with E-state index in [9.17, 15) is 35.1 Å². The average molecular weight is 297 g/mol. The number of piperidine rings is 1. The number of alkyl halides is 8. The van der Waals surface area contributed by atoms with E-state index in [0.717, 1.165) is 0 Å². The molecule has 1 aliphatic heterocycles. The topological polar surface area (TPSA) is 3.24 Å². The Morgan fingerprint density at radius 1 is 0.895 bits per heavy atom. The van der Waals surface area contributed by atoms with Crippen LogP contribution in [-0.4, -0.2) is 36.4 Å². The van der Waals surface area contributed by atoms with Crippen molar-refractivity contribution in [3.05, 3.63) is 12.2 Å². The highest BCUT2D eigenvalue weighted by Crippen LogP contribution is 2.42. The Morgan fingerprint density at radius 3 is 1.63 bits per heavy atom. The van der Waals surface area contributed by atoms with Gasteiger partial charge in [-0.1, -0.05) is 6.58 Å². The second-order valence-corrected chi connectivity index (χ2v) is 4.32. The van der Waals surface area contributed by atoms with Gasteiger partial charge in [-0.15, -0.1) is 0 Å². The summed E-state index contributed by atoms with van der Waals surface area (Å²) >= 11 is 0. The predicted octanol–water partition coefficient (Wildman–Crippen LogP) is 3.97. The molecule has 0 aliphatic carbocycles. The van der Waals surface area contributed by atoms with Crippen LogP contribution in [0.4, 0.5) is 35.1 Å². The zero-order chi connectivity index (χ0) is 15.1. The fourth-order valence-corrected chi connectivity index (χ4v) is 1.85. The molecule has 0 aromatic rings. The van der Waals surface area contributed by atoms with E-state index >= 15 is 0 Å². The van der Waals surface area contributed by atoms with E-state index in [2.05, 4.69) is 6.58 Å². The van der Waals surface area contributed by atoms with Crippen molar-refractivity contribution in [3.63, 3.8) is 0 Å². The van der Waals surface area contributed by atoms with E-state index in [4.69, 9.17) is 0 Å². The van der Waals surface area contributed by atoms with Gasteiger partial charge >= 0.3 is 18.4 Å². The van der Waals surface area contributed by atoms with Crippen molar-refractivity contribution in [2.45, 2.75) is 31.2 Å². The molecule has 1 aliphatic rings. The summed E-state index contributed by atoms with van der Waals surface area (Å²) in [6.45, 7) is 0.786. The molecule has 1 rings (SSSR count). The summed E-state index contributed by atoms with van der Waals surface area (Å²) in [5.41, 5.74) is -2.26. The minimum Gasteiger partial charge on any atom is -0.240 e. The second kappa shape index (κ2) is 4.92. The maximum absolute atomic E-state index is 13.4. The van der Waals surface area contributed by atoms with Crippen LogP contribution in [0.2, 0.25) is 0 Å². The van der Waals surface area contributed by atoms with Crippen LogP contribution in [0.5, 0.6) is 0 Å². The molecule has 1 nitrogen and oxygen atoms in total. The first-order valence-corrected chi connectivity index (χ1v) is 5.33. The summed E-state index contributed by atoms with van der Waals surface area (Å²) in [7, 11) is 0. The Hall–Kier alpha value is -0.860. The van der Waals surface area contributed by atoms with E-state index in [1.54, 1.807) is 0 Å². The molecule has 0 aromatic heterocycles. The summed E-state index contributed by atoms with van der Waals surface area (Å²) in [5, 5.41) is 0. The third kappa shape index (κ3) is 3.58. The van der Waals surface area contributed by atoms with Gasteiger partial charge in [0.15, 0.2) is 0 Å². The van der Waals surface area contributed by atoms with Crippen molar-refractivity contribution in [2.24, 2.45) is 5.92 Å². The van der Waals surface area contributed by atoms with Crippen LogP contribution >= 0.6 is 0 Å². The molecule has 1 heterocycles. The monoisotopic (exact) mass is 297 g/mol. The summed E-state index contributed by atoms with van der Waals surface area (Å²) in [6.07, 6.45) is -11.1. The van der Waals surface area contributed by atoms with Crippen molar-refractivity contribution in [2.75, 3.05) is 13.1 Å². The molecule has 19 heavy (non-hydrogen) atoms. The van der Waals surface area contributed by atoms with Crippen molar-refractivity contribution >= 4 is 0 Å². The van der Waals surface area contributed by atoms with Crippen LogP contribution < -0.4 is 0 Å². The number of nitrogens with zero attached hydrogens (tertiary/aromatic N) is 1. The van der Waals surface area contributed by atoms with Gasteiger partial charge in [-0.05, 0) is 12.8 Å². The SMILES string of the molecule is C=C(C(F)(F)F)C(F)(F)N1CCC(C(F)(F)F)CC1. The van der Waals surface area contributed by atoms with Crippen molar-refractivity contribution in [1.29, 1.82) is 0 Å². The van der Waals surface area contributed by atoms with Crippen LogP contribution in [0, 0.1) is 5.92 Å². The molecule has 9 heteroatoms. The molecule has 0 N–H and O–H groups in total. The first-order valence-electron chi connectivity index (χ1n) is 5.33. The number of hydrogen-bond donors (Lipinski definition) is 0. The van der Waals surface area contributed by atoms with Crippen LogP contribution in [-0.2, 0) is 0 Å². The fourth-order valence-electron chi connectivity index (χ4n) is 1.85. The predicted molar refractivity (Wildman–Crippen MR) is 50.5 cm³/mol. The summed E-state index contributed by atoms with van der Waals surface area (Å²) < 4.78 is 100. The molecule has 0 spiro atoms. The summed E-state index contributed by atoms with van der Waals surface area (Å²) in [5.74, 6) is -1.75. The van der Waals surface area contributed by atoms with Crippen molar-refractivity contribution in [1.82, 2.24) is 4.90 Å². The lowest BCUT2D eigenvalue weighted by Gasteiger charge is -2.38. The van der Waals surface area contributed by atoms with Gasteiger partial charge in [0.2, 0.25) is 0 Å². The number of likely N-dealkylation sites (tertiary alicyclic amines) is 1. The molecular weight excluding hydrogens is 286 g/mol. The molecule has 0 amide bonds. The molecule has 0 saturated carbocycles. The Morgan fingerprint density at radius 2 is 1.32 bits per heavy atom. The van der Waals surface area contributed by atoms with Gasteiger partial charge in [0.05, 0.1) is 5.92 Å². The van der Waals surface area contributed by atoms with E-state index < -0.39 is 55.8 Å². The molecular formula is C10H11F8N.